The second-order valence-electron chi connectivity index (χ2n) is 6.10. The number of nitrogens with zero attached hydrogens (tertiary/aromatic N) is 3. The predicted molar refractivity (Wildman–Crippen MR) is 102 cm³/mol. The molecule has 0 amide bonds. The molecule has 126 valence electrons. The molecule has 1 fully saturated rings. The lowest BCUT2D eigenvalue weighted by Gasteiger charge is -2.33. The maximum absolute atomic E-state index is 6.17. The highest BCUT2D eigenvalue weighted by Crippen LogP contribution is 2.22. The van der Waals surface area contributed by atoms with Crippen LogP contribution >= 0.6 is 23.2 Å². The van der Waals surface area contributed by atoms with E-state index < -0.39 is 0 Å². The second-order valence-corrected chi connectivity index (χ2v) is 6.91. The zero-order valence-corrected chi connectivity index (χ0v) is 15.3. The van der Waals surface area contributed by atoms with Crippen LogP contribution in [0.3, 0.4) is 0 Å². The lowest BCUT2D eigenvalue weighted by Crippen LogP contribution is -2.43. The van der Waals surface area contributed by atoms with E-state index in [1.165, 1.54) is 11.1 Å². The van der Waals surface area contributed by atoms with E-state index in [1.54, 1.807) is 6.21 Å². The topological polar surface area (TPSA) is 18.8 Å². The zero-order valence-electron chi connectivity index (χ0n) is 13.8. The molecule has 1 saturated heterocycles. The molecule has 0 bridgehead atoms. The van der Waals surface area contributed by atoms with Gasteiger partial charge in [-0.2, -0.15) is 5.10 Å². The second kappa shape index (κ2) is 8.02. The van der Waals surface area contributed by atoms with Gasteiger partial charge in [-0.25, -0.2) is 0 Å². The largest absolute Gasteiger partial charge is 0.295 e. The van der Waals surface area contributed by atoms with Crippen LogP contribution in [-0.2, 0) is 6.54 Å². The molecule has 1 aliphatic heterocycles. The van der Waals surface area contributed by atoms with Crippen molar-refractivity contribution in [1.82, 2.24) is 9.91 Å². The molecule has 5 heteroatoms. The van der Waals surface area contributed by atoms with E-state index in [-0.39, 0.29) is 0 Å². The smallest absolute Gasteiger partial charge is 0.0572 e. The molecule has 2 aromatic rings. The van der Waals surface area contributed by atoms with Crippen LogP contribution in [0.25, 0.3) is 0 Å². The maximum Gasteiger partial charge on any atom is 0.0572 e. The van der Waals surface area contributed by atoms with Crippen LogP contribution in [0.2, 0.25) is 10.0 Å². The third kappa shape index (κ3) is 4.50. The van der Waals surface area contributed by atoms with Crippen molar-refractivity contribution >= 4 is 29.4 Å². The van der Waals surface area contributed by atoms with Crippen LogP contribution in [0, 0.1) is 6.92 Å². The summed E-state index contributed by atoms with van der Waals surface area (Å²) >= 11 is 12.3. The third-order valence-corrected chi connectivity index (χ3v) is 4.88. The molecule has 0 unspecified atom stereocenters. The third-order valence-electron chi connectivity index (χ3n) is 4.23. The van der Waals surface area contributed by atoms with E-state index in [0.29, 0.717) is 10.0 Å². The van der Waals surface area contributed by atoms with E-state index in [4.69, 9.17) is 23.2 Å². The molecule has 0 radical (unpaired) electrons. The fourth-order valence-electron chi connectivity index (χ4n) is 2.74. The Labute approximate surface area is 153 Å². The van der Waals surface area contributed by atoms with Gasteiger partial charge in [-0.1, -0.05) is 59.1 Å². The molecule has 0 saturated carbocycles. The van der Waals surface area contributed by atoms with E-state index in [2.05, 4.69) is 46.2 Å². The lowest BCUT2D eigenvalue weighted by molar-refractivity contribution is 0.131. The van der Waals surface area contributed by atoms with Crippen LogP contribution in [0.5, 0.6) is 0 Å². The average Bonchev–Trinajstić information content (AvgIpc) is 2.58. The molecular weight excluding hydrogens is 341 g/mol. The summed E-state index contributed by atoms with van der Waals surface area (Å²) in [5.41, 5.74) is 3.44. The summed E-state index contributed by atoms with van der Waals surface area (Å²) in [4.78, 5) is 2.46. The summed E-state index contributed by atoms with van der Waals surface area (Å²) in [6, 6.07) is 14.2. The summed E-state index contributed by atoms with van der Waals surface area (Å²) < 4.78 is 0. The Morgan fingerprint density at radius 1 is 0.958 bits per heavy atom. The minimum absolute atomic E-state index is 0.629. The quantitative estimate of drug-likeness (QED) is 0.749. The number of hydrogen-bond acceptors (Lipinski definition) is 3. The number of hydrogen-bond donors (Lipinski definition) is 0. The van der Waals surface area contributed by atoms with Crippen LogP contribution in [0.1, 0.15) is 16.7 Å². The fraction of sp³-hybridized carbons (Fsp3) is 0.316. The minimum Gasteiger partial charge on any atom is -0.295 e. The molecule has 24 heavy (non-hydrogen) atoms. The van der Waals surface area contributed by atoms with Crippen molar-refractivity contribution in [2.24, 2.45) is 5.10 Å². The van der Waals surface area contributed by atoms with Crippen LogP contribution in [-0.4, -0.2) is 42.3 Å². The standard InChI is InChI=1S/C19H21Cl2N3/c1-15-5-7-16(8-6-15)14-23-9-11-24(12-10-23)22-13-17-18(20)3-2-4-19(17)21/h2-8,13H,9-12,14H2,1H3/b22-13+. The normalized spacial score (nSPS) is 16.0. The van der Waals surface area contributed by atoms with Gasteiger partial charge in [-0.3, -0.25) is 9.91 Å². The summed E-state index contributed by atoms with van der Waals surface area (Å²) in [7, 11) is 0. The first kappa shape index (κ1) is 17.3. The molecule has 1 aliphatic rings. The van der Waals surface area contributed by atoms with Gasteiger partial charge >= 0.3 is 0 Å². The number of hydrazone groups is 1. The molecule has 2 aromatic carbocycles. The van der Waals surface area contributed by atoms with Crippen molar-refractivity contribution < 1.29 is 0 Å². The Bertz CT molecular complexity index is 685. The highest BCUT2D eigenvalue weighted by molar-refractivity contribution is 6.38. The Kier molecular flexibility index (Phi) is 5.77. The number of aryl methyl sites for hydroxylation is 1. The molecule has 0 aliphatic carbocycles. The molecule has 3 nitrogen and oxygen atoms in total. The highest BCUT2D eigenvalue weighted by Gasteiger charge is 2.15. The number of piperazine rings is 1. The zero-order chi connectivity index (χ0) is 16.9. The van der Waals surface area contributed by atoms with Crippen LogP contribution < -0.4 is 0 Å². The summed E-state index contributed by atoms with van der Waals surface area (Å²) in [5, 5.41) is 7.87. The van der Waals surface area contributed by atoms with Crippen LogP contribution in [0.15, 0.2) is 47.6 Å². The summed E-state index contributed by atoms with van der Waals surface area (Å²) in [6.45, 7) is 6.93. The first-order chi connectivity index (χ1) is 11.6. The average molecular weight is 362 g/mol. The Morgan fingerprint density at radius 2 is 1.58 bits per heavy atom. The number of benzene rings is 2. The molecule has 1 heterocycles. The van der Waals surface area contributed by atoms with Crippen molar-refractivity contribution in [1.29, 1.82) is 0 Å². The van der Waals surface area contributed by atoms with Gasteiger partial charge in [-0.05, 0) is 24.6 Å². The van der Waals surface area contributed by atoms with Crippen molar-refractivity contribution in [3.05, 3.63) is 69.2 Å². The molecular formula is C19H21Cl2N3. The number of halogens is 2. The lowest BCUT2D eigenvalue weighted by atomic mass is 10.1. The van der Waals surface area contributed by atoms with Gasteiger partial charge in [0.05, 0.1) is 16.3 Å². The Balaban J connectivity index is 1.53. The fourth-order valence-corrected chi connectivity index (χ4v) is 3.23. The predicted octanol–water partition coefficient (Wildman–Crippen LogP) is 4.45. The Hall–Kier alpha value is -1.55. The van der Waals surface area contributed by atoms with E-state index >= 15 is 0 Å². The van der Waals surface area contributed by atoms with E-state index in [1.807, 2.05) is 18.2 Å². The van der Waals surface area contributed by atoms with Gasteiger partial charge in [0.1, 0.15) is 0 Å². The Morgan fingerprint density at radius 3 is 2.21 bits per heavy atom. The number of rotatable bonds is 4. The SMILES string of the molecule is Cc1ccc(CN2CCN(/N=C/c3c(Cl)cccc3Cl)CC2)cc1. The summed E-state index contributed by atoms with van der Waals surface area (Å²) in [5.74, 6) is 0. The van der Waals surface area contributed by atoms with Gasteiger partial charge in [-0.15, -0.1) is 0 Å². The van der Waals surface area contributed by atoms with Gasteiger partial charge in [0.25, 0.3) is 0 Å². The first-order valence-electron chi connectivity index (χ1n) is 8.12. The molecule has 0 aromatic heterocycles. The van der Waals surface area contributed by atoms with Gasteiger partial charge < -0.3 is 0 Å². The van der Waals surface area contributed by atoms with Gasteiger partial charge in [0, 0.05) is 38.3 Å². The van der Waals surface area contributed by atoms with Crippen molar-refractivity contribution in [2.75, 3.05) is 26.2 Å². The minimum atomic E-state index is 0.629. The highest BCUT2D eigenvalue weighted by atomic mass is 35.5. The van der Waals surface area contributed by atoms with Crippen molar-refractivity contribution in [2.45, 2.75) is 13.5 Å². The van der Waals surface area contributed by atoms with Crippen LogP contribution in [0.4, 0.5) is 0 Å². The van der Waals surface area contributed by atoms with E-state index in [9.17, 15) is 0 Å². The van der Waals surface area contributed by atoms with Crippen molar-refractivity contribution in [3.8, 4) is 0 Å². The monoisotopic (exact) mass is 361 g/mol. The van der Waals surface area contributed by atoms with Gasteiger partial charge in [0.2, 0.25) is 0 Å². The molecule has 0 atom stereocenters. The molecule has 3 rings (SSSR count). The molecule has 0 N–H and O–H groups in total. The van der Waals surface area contributed by atoms with Gasteiger partial charge in [0.15, 0.2) is 0 Å². The van der Waals surface area contributed by atoms with E-state index in [0.717, 1.165) is 38.3 Å². The summed E-state index contributed by atoms with van der Waals surface area (Å²) in [6.07, 6.45) is 1.76. The first-order valence-corrected chi connectivity index (χ1v) is 8.88. The molecule has 0 spiro atoms. The van der Waals surface area contributed by atoms with Crippen molar-refractivity contribution in [3.63, 3.8) is 0 Å². The maximum atomic E-state index is 6.17.